The zero-order chi connectivity index (χ0) is 19.9. The van der Waals surface area contributed by atoms with E-state index in [1.165, 1.54) is 12.1 Å². The van der Waals surface area contributed by atoms with Crippen molar-refractivity contribution in [3.63, 3.8) is 0 Å². The van der Waals surface area contributed by atoms with Crippen molar-refractivity contribution in [1.82, 2.24) is 0 Å². The summed E-state index contributed by atoms with van der Waals surface area (Å²) in [5.41, 5.74) is 3.04. The van der Waals surface area contributed by atoms with Crippen LogP contribution in [0.4, 0.5) is 0 Å². The van der Waals surface area contributed by atoms with Crippen molar-refractivity contribution in [2.75, 3.05) is 21.2 Å². The molecule has 0 aliphatic carbocycles. The second kappa shape index (κ2) is 9.11. The highest BCUT2D eigenvalue weighted by Crippen LogP contribution is 2.26. The summed E-state index contributed by atoms with van der Waals surface area (Å²) >= 11 is 0. The first-order chi connectivity index (χ1) is 12.8. The Bertz CT molecular complexity index is 918. The van der Waals surface area contributed by atoms with E-state index in [4.69, 9.17) is 9.29 Å². The van der Waals surface area contributed by atoms with Gasteiger partial charge in [-0.1, -0.05) is 36.4 Å². The first-order valence-corrected chi connectivity index (χ1v) is 9.25. The van der Waals surface area contributed by atoms with Crippen LogP contribution in [0.5, 0.6) is 11.5 Å². The molecular formula is C19H20N2O5S-2. The summed E-state index contributed by atoms with van der Waals surface area (Å²) in [5.74, 6) is 0.782. The highest BCUT2D eigenvalue weighted by atomic mass is 32.3. The predicted molar refractivity (Wildman–Crippen MR) is 106 cm³/mol. The Kier molecular flexibility index (Phi) is 6.86. The Balaban J connectivity index is 2.27. The Morgan fingerprint density at radius 1 is 0.852 bits per heavy atom. The molecule has 0 saturated heterocycles. The van der Waals surface area contributed by atoms with Gasteiger partial charge in [-0.2, -0.15) is 19.8 Å². The Morgan fingerprint density at radius 3 is 1.59 bits per heavy atom. The third-order valence-electron chi connectivity index (χ3n) is 3.55. The third kappa shape index (κ3) is 6.36. The van der Waals surface area contributed by atoms with Gasteiger partial charge < -0.3 is 19.6 Å². The molecule has 0 amide bonds. The van der Waals surface area contributed by atoms with Crippen LogP contribution in [-0.4, -0.2) is 34.2 Å². The van der Waals surface area contributed by atoms with Crippen molar-refractivity contribution in [2.24, 2.45) is 0 Å². The van der Waals surface area contributed by atoms with Crippen molar-refractivity contribution in [3.05, 3.63) is 81.7 Å². The van der Waals surface area contributed by atoms with Crippen LogP contribution < -0.4 is 8.92 Å². The number of hydrogen-bond acceptors (Lipinski definition) is 4. The summed E-state index contributed by atoms with van der Waals surface area (Å²) in [6, 6.07) is 13.7. The van der Waals surface area contributed by atoms with Crippen molar-refractivity contribution < 1.29 is 21.9 Å². The van der Waals surface area contributed by atoms with E-state index >= 15 is 0 Å². The molecule has 7 nitrogen and oxygen atoms in total. The fourth-order valence-electron chi connectivity index (χ4n) is 2.26. The van der Waals surface area contributed by atoms with Crippen LogP contribution in [0.2, 0.25) is 0 Å². The molecule has 0 fully saturated rings. The van der Waals surface area contributed by atoms with Gasteiger partial charge in [-0.25, -0.2) is 0 Å². The summed E-state index contributed by atoms with van der Waals surface area (Å²) in [6.45, 7) is 0. The Labute approximate surface area is 159 Å². The van der Waals surface area contributed by atoms with E-state index in [0.717, 1.165) is 16.9 Å². The zero-order valence-electron chi connectivity index (χ0n) is 15.2. The van der Waals surface area contributed by atoms with Crippen molar-refractivity contribution in [3.8, 4) is 11.5 Å². The van der Waals surface area contributed by atoms with E-state index in [0.29, 0.717) is 11.4 Å². The maximum atomic E-state index is 10.7. The largest absolute Gasteiger partial charge is 0.688 e. The van der Waals surface area contributed by atoms with Crippen LogP contribution >= 0.6 is 0 Å². The van der Waals surface area contributed by atoms with E-state index < -0.39 is 10.4 Å². The van der Waals surface area contributed by atoms with E-state index in [2.05, 4.69) is 14.8 Å². The highest BCUT2D eigenvalue weighted by Gasteiger charge is 2.05. The average molecular weight is 388 g/mol. The smallest absolute Gasteiger partial charge is 0.446 e. The minimum Gasteiger partial charge on any atom is -0.688 e. The van der Waals surface area contributed by atoms with Crippen LogP contribution in [0.15, 0.2) is 59.9 Å². The van der Waals surface area contributed by atoms with Gasteiger partial charge >= 0.3 is 10.4 Å². The van der Waals surface area contributed by atoms with Crippen molar-refractivity contribution in [2.45, 2.75) is 0 Å². The van der Waals surface area contributed by atoms with Crippen molar-refractivity contribution >= 4 is 22.6 Å². The molecule has 144 valence electrons. The van der Waals surface area contributed by atoms with Gasteiger partial charge in [-0.15, -0.1) is 14.1 Å². The molecule has 2 rings (SSSR count). The highest BCUT2D eigenvalue weighted by molar-refractivity contribution is 7.81. The van der Waals surface area contributed by atoms with Crippen LogP contribution in [0.1, 0.15) is 11.1 Å². The molecule has 1 N–H and O–H groups in total. The maximum absolute atomic E-state index is 10.7. The van der Waals surface area contributed by atoms with E-state index in [1.54, 1.807) is 39.4 Å². The lowest BCUT2D eigenvalue weighted by molar-refractivity contribution is 0.387. The topological polar surface area (TPSA) is 101 Å². The van der Waals surface area contributed by atoms with Gasteiger partial charge in [0.15, 0.2) is 0 Å². The third-order valence-corrected chi connectivity index (χ3v) is 3.95. The van der Waals surface area contributed by atoms with Gasteiger partial charge in [-0.3, -0.25) is 4.55 Å². The lowest BCUT2D eigenvalue weighted by atomic mass is 10.1. The zero-order valence-corrected chi connectivity index (χ0v) is 16.0. The molecule has 0 unspecified atom stereocenters. The number of ether oxygens (including phenoxy) is 1. The van der Waals surface area contributed by atoms with Gasteiger partial charge in [0.1, 0.15) is 11.5 Å². The summed E-state index contributed by atoms with van der Waals surface area (Å²) in [7, 11) is 0.409. The molecule has 0 bridgehead atoms. The lowest BCUT2D eigenvalue weighted by Gasteiger charge is -2.32. The molecular weight excluding hydrogens is 368 g/mol. The molecule has 0 aliphatic rings. The molecule has 27 heavy (non-hydrogen) atoms. The normalized spacial score (nSPS) is 12.4. The molecule has 0 aromatic heterocycles. The Morgan fingerprint density at radius 2 is 1.26 bits per heavy atom. The number of nitrogens with zero attached hydrogens (tertiary/aromatic N) is 2. The molecule has 0 aliphatic heterocycles. The molecule has 8 heteroatoms. The van der Waals surface area contributed by atoms with Gasteiger partial charge in [0.25, 0.3) is 0 Å². The molecule has 0 saturated carbocycles. The second-order valence-electron chi connectivity index (χ2n) is 5.36. The number of rotatable bonds is 8. The molecule has 0 heterocycles. The molecule has 0 atom stereocenters. The van der Waals surface area contributed by atoms with E-state index in [9.17, 15) is 8.42 Å². The van der Waals surface area contributed by atoms with Crippen LogP contribution in [0.25, 0.3) is 22.8 Å². The van der Waals surface area contributed by atoms with E-state index in [-0.39, 0.29) is 5.75 Å². The predicted octanol–water partition coefficient (Wildman–Crippen LogP) is 4.27. The Hall–Kier alpha value is -2.97. The summed E-state index contributed by atoms with van der Waals surface area (Å²) < 4.78 is 39.7. The number of benzene rings is 2. The van der Waals surface area contributed by atoms with Crippen molar-refractivity contribution in [1.29, 1.82) is 0 Å². The number of hydrogen-bond donors (Lipinski definition) is 1. The monoisotopic (exact) mass is 388 g/mol. The lowest BCUT2D eigenvalue weighted by Crippen LogP contribution is -2.06. The second-order valence-corrected chi connectivity index (χ2v) is 6.38. The van der Waals surface area contributed by atoms with Crippen LogP contribution in [0.3, 0.4) is 0 Å². The van der Waals surface area contributed by atoms with Gasteiger partial charge in [-0.05, 0) is 35.4 Å². The maximum Gasteiger partial charge on any atom is 0.446 e. The van der Waals surface area contributed by atoms with E-state index in [1.807, 2.05) is 30.3 Å². The van der Waals surface area contributed by atoms with Gasteiger partial charge in [0.05, 0.1) is 7.11 Å². The number of methoxy groups -OCH3 is 1. The summed E-state index contributed by atoms with van der Waals surface area (Å²) in [4.78, 5) is 0. The molecule has 0 spiro atoms. The molecule has 2 aromatic carbocycles. The average Bonchev–Trinajstić information content (AvgIpc) is 2.65. The van der Waals surface area contributed by atoms with Gasteiger partial charge in [0.2, 0.25) is 0 Å². The van der Waals surface area contributed by atoms with Crippen LogP contribution in [-0.2, 0) is 10.4 Å². The summed E-state index contributed by atoms with van der Waals surface area (Å²) in [6.07, 6.45) is 3.70. The molecule has 0 radical (unpaired) electrons. The number of likely N-dealkylation sites (N-methyl/N-ethyl adjacent to an activating group) is 2. The fourth-order valence-corrected chi connectivity index (χ4v) is 2.62. The minimum absolute atomic E-state index is 0.0128. The summed E-state index contributed by atoms with van der Waals surface area (Å²) in [5, 5.41) is 8.56. The first kappa shape index (κ1) is 20.3. The SMILES string of the molecule is C[N-]C(=Cc1ccc(OC)cc1)C(=Cc1ccc(OS(=O)(=O)O)cc1)[N-]C. The first-order valence-electron chi connectivity index (χ1n) is 7.89. The van der Waals surface area contributed by atoms with Crippen LogP contribution in [0, 0.1) is 0 Å². The fraction of sp³-hybridized carbons (Fsp3) is 0.158. The standard InChI is InChI=1S/C19H20N2O5S/c1-20-18(12-14-4-8-16(25-3)9-5-14)19(21-2)13-15-6-10-17(11-7-15)26-27(22,23)24/h4-13H,1-3H3,(H,22,23,24)/q-2. The molecule has 2 aromatic rings. The minimum atomic E-state index is -4.54. The quantitative estimate of drug-likeness (QED) is 0.538. The van der Waals surface area contributed by atoms with Gasteiger partial charge in [0, 0.05) is 0 Å².